The lowest BCUT2D eigenvalue weighted by atomic mass is 9.91. The summed E-state index contributed by atoms with van der Waals surface area (Å²) < 4.78 is 5.33. The Kier molecular flexibility index (Phi) is 5.54. The number of hydrogen-bond acceptors (Lipinski definition) is 5. The highest BCUT2D eigenvalue weighted by Crippen LogP contribution is 2.24. The van der Waals surface area contributed by atoms with Gasteiger partial charge >= 0.3 is 5.97 Å². The summed E-state index contributed by atoms with van der Waals surface area (Å²) in [6.07, 6.45) is 0. The molecule has 3 rings (SSSR count). The molecule has 0 heterocycles. The highest BCUT2D eigenvalue weighted by atomic mass is 16.6. The lowest BCUT2D eigenvalue weighted by molar-refractivity contribution is -0.384. The maximum atomic E-state index is 13.2. The number of nitro groups is 1. The molecule has 0 fully saturated rings. The molecule has 3 aromatic rings. The van der Waals surface area contributed by atoms with Crippen molar-refractivity contribution in [3.63, 3.8) is 0 Å². The van der Waals surface area contributed by atoms with Crippen LogP contribution in [0.5, 0.6) is 5.75 Å². The predicted molar refractivity (Wildman–Crippen MR) is 109 cm³/mol. The van der Waals surface area contributed by atoms with E-state index in [9.17, 15) is 19.7 Å². The Hall–Kier alpha value is -3.80. The minimum Gasteiger partial charge on any atom is -0.423 e. The van der Waals surface area contributed by atoms with Crippen LogP contribution >= 0.6 is 0 Å². The van der Waals surface area contributed by atoms with E-state index in [1.807, 2.05) is 32.9 Å². The van der Waals surface area contributed by atoms with Gasteiger partial charge in [0, 0.05) is 23.3 Å². The van der Waals surface area contributed by atoms with Crippen LogP contribution in [0, 0.1) is 30.9 Å². The Balaban J connectivity index is 1.93. The molecule has 0 bridgehead atoms. The summed E-state index contributed by atoms with van der Waals surface area (Å²) in [7, 11) is 0. The summed E-state index contributed by atoms with van der Waals surface area (Å²) in [6, 6.07) is 15.5. The molecule has 0 unspecified atom stereocenters. The van der Waals surface area contributed by atoms with Crippen molar-refractivity contribution in [3.8, 4) is 5.75 Å². The molecule has 0 aliphatic rings. The second-order valence-corrected chi connectivity index (χ2v) is 6.79. The number of ether oxygens (including phenoxy) is 1. The molecule has 29 heavy (non-hydrogen) atoms. The first kappa shape index (κ1) is 19.9. The molecule has 0 aliphatic heterocycles. The van der Waals surface area contributed by atoms with E-state index in [0.29, 0.717) is 5.56 Å². The van der Waals surface area contributed by atoms with Gasteiger partial charge < -0.3 is 4.74 Å². The summed E-state index contributed by atoms with van der Waals surface area (Å²) in [5.41, 5.74) is 3.57. The van der Waals surface area contributed by atoms with Crippen LogP contribution in [-0.4, -0.2) is 16.7 Å². The first-order chi connectivity index (χ1) is 13.8. The molecule has 0 aliphatic carbocycles. The van der Waals surface area contributed by atoms with Crippen LogP contribution in [0.1, 0.15) is 43.0 Å². The third-order valence-electron chi connectivity index (χ3n) is 4.55. The fourth-order valence-electron chi connectivity index (χ4n) is 3.33. The van der Waals surface area contributed by atoms with E-state index in [2.05, 4.69) is 0 Å². The smallest absolute Gasteiger partial charge is 0.344 e. The summed E-state index contributed by atoms with van der Waals surface area (Å²) in [5.74, 6) is -0.799. The van der Waals surface area contributed by atoms with Crippen LogP contribution < -0.4 is 4.74 Å². The van der Waals surface area contributed by atoms with Gasteiger partial charge in [0.2, 0.25) is 0 Å². The van der Waals surface area contributed by atoms with E-state index in [1.165, 1.54) is 30.3 Å². The predicted octanol–water partition coefficient (Wildman–Crippen LogP) is 4.97. The van der Waals surface area contributed by atoms with Gasteiger partial charge in [-0.2, -0.15) is 0 Å². The minimum atomic E-state index is -0.703. The molecule has 6 heteroatoms. The van der Waals surface area contributed by atoms with E-state index < -0.39 is 10.9 Å². The highest BCUT2D eigenvalue weighted by Gasteiger charge is 2.22. The lowest BCUT2D eigenvalue weighted by Gasteiger charge is -2.13. The van der Waals surface area contributed by atoms with Gasteiger partial charge in [0.25, 0.3) is 5.69 Å². The van der Waals surface area contributed by atoms with Crippen molar-refractivity contribution in [2.75, 3.05) is 0 Å². The first-order valence-electron chi connectivity index (χ1n) is 8.96. The second-order valence-electron chi connectivity index (χ2n) is 6.79. The zero-order valence-electron chi connectivity index (χ0n) is 16.3. The normalized spacial score (nSPS) is 10.4. The number of nitrogens with zero attached hydrogens (tertiary/aromatic N) is 1. The molecule has 146 valence electrons. The molecule has 0 amide bonds. The average Bonchev–Trinajstić information content (AvgIpc) is 2.67. The van der Waals surface area contributed by atoms with Gasteiger partial charge in [-0.3, -0.25) is 14.9 Å². The molecule has 0 N–H and O–H groups in total. The van der Waals surface area contributed by atoms with Crippen LogP contribution in [0.25, 0.3) is 0 Å². The topological polar surface area (TPSA) is 86.5 Å². The summed E-state index contributed by atoms with van der Waals surface area (Å²) in [5, 5.41) is 10.7. The number of esters is 1. The number of carbonyl (C=O) groups excluding carboxylic acids is 2. The molecule has 0 atom stereocenters. The summed E-state index contributed by atoms with van der Waals surface area (Å²) in [4.78, 5) is 36.1. The lowest BCUT2D eigenvalue weighted by Crippen LogP contribution is -2.16. The molecule has 0 saturated carbocycles. The van der Waals surface area contributed by atoms with Crippen LogP contribution in [0.3, 0.4) is 0 Å². The van der Waals surface area contributed by atoms with Gasteiger partial charge in [-0.05, 0) is 50.1 Å². The zero-order chi connectivity index (χ0) is 21.1. The van der Waals surface area contributed by atoms with E-state index in [4.69, 9.17) is 4.74 Å². The van der Waals surface area contributed by atoms with Crippen LogP contribution in [0.4, 0.5) is 5.69 Å². The summed E-state index contributed by atoms with van der Waals surface area (Å²) in [6.45, 7) is 5.69. The van der Waals surface area contributed by atoms with Crippen molar-refractivity contribution in [2.24, 2.45) is 0 Å². The third-order valence-corrected chi connectivity index (χ3v) is 4.55. The quantitative estimate of drug-likeness (QED) is 0.202. The number of rotatable bonds is 5. The van der Waals surface area contributed by atoms with Gasteiger partial charge in [0.05, 0.1) is 10.5 Å². The number of carbonyl (C=O) groups is 2. The fraction of sp³-hybridized carbons (Fsp3) is 0.130. The Bertz CT molecular complexity index is 1090. The molecule has 6 nitrogen and oxygen atoms in total. The first-order valence-corrected chi connectivity index (χ1v) is 8.96. The van der Waals surface area contributed by atoms with Gasteiger partial charge in [0.1, 0.15) is 5.75 Å². The van der Waals surface area contributed by atoms with E-state index >= 15 is 0 Å². The SMILES string of the molecule is Cc1cc(C)c(C(=O)c2ccccc2C(=O)Oc2ccc([N+](=O)[O-])cc2)c(C)c1. The molecule has 0 radical (unpaired) electrons. The van der Waals surface area contributed by atoms with Gasteiger partial charge in [-0.15, -0.1) is 0 Å². The van der Waals surface area contributed by atoms with Gasteiger partial charge in [-0.1, -0.05) is 35.9 Å². The molecule has 0 saturated heterocycles. The molecule has 0 spiro atoms. The van der Waals surface area contributed by atoms with Crippen molar-refractivity contribution in [3.05, 3.63) is 104 Å². The van der Waals surface area contributed by atoms with Crippen molar-refractivity contribution >= 4 is 17.4 Å². The fourth-order valence-corrected chi connectivity index (χ4v) is 3.33. The Morgan fingerprint density at radius 1 is 0.862 bits per heavy atom. The molecule has 0 aromatic heterocycles. The maximum absolute atomic E-state index is 13.2. The Labute approximate surface area is 167 Å². The number of aryl methyl sites for hydroxylation is 3. The zero-order valence-corrected chi connectivity index (χ0v) is 16.3. The Morgan fingerprint density at radius 3 is 1.97 bits per heavy atom. The van der Waals surface area contributed by atoms with E-state index in [0.717, 1.165) is 16.7 Å². The largest absolute Gasteiger partial charge is 0.423 e. The minimum absolute atomic E-state index is 0.106. The van der Waals surface area contributed by atoms with Crippen LogP contribution in [0.2, 0.25) is 0 Å². The number of nitro benzene ring substituents is 1. The monoisotopic (exact) mass is 389 g/mol. The van der Waals surface area contributed by atoms with E-state index in [1.54, 1.807) is 18.2 Å². The average molecular weight is 389 g/mol. The van der Waals surface area contributed by atoms with Gasteiger partial charge in [0.15, 0.2) is 5.78 Å². The molecule has 3 aromatic carbocycles. The van der Waals surface area contributed by atoms with Crippen molar-refractivity contribution < 1.29 is 19.2 Å². The number of non-ortho nitro benzene ring substituents is 1. The van der Waals surface area contributed by atoms with Crippen LogP contribution in [0.15, 0.2) is 60.7 Å². The number of hydrogen-bond donors (Lipinski definition) is 0. The molecular weight excluding hydrogens is 370 g/mol. The Morgan fingerprint density at radius 2 is 1.41 bits per heavy atom. The number of ketones is 1. The third kappa shape index (κ3) is 4.21. The maximum Gasteiger partial charge on any atom is 0.344 e. The van der Waals surface area contributed by atoms with Crippen LogP contribution in [-0.2, 0) is 0 Å². The summed E-state index contributed by atoms with van der Waals surface area (Å²) >= 11 is 0. The van der Waals surface area contributed by atoms with Crippen molar-refractivity contribution in [1.82, 2.24) is 0 Å². The van der Waals surface area contributed by atoms with Gasteiger partial charge in [-0.25, -0.2) is 4.79 Å². The highest BCUT2D eigenvalue weighted by molar-refractivity contribution is 6.16. The van der Waals surface area contributed by atoms with E-state index in [-0.39, 0.29) is 28.3 Å². The standard InChI is InChI=1S/C23H19NO5/c1-14-12-15(2)21(16(3)13-14)22(25)19-6-4-5-7-20(19)23(26)29-18-10-8-17(9-11-18)24(27)28/h4-13H,1-3H3. The number of benzene rings is 3. The van der Waals surface area contributed by atoms with Crippen molar-refractivity contribution in [2.45, 2.75) is 20.8 Å². The molecular formula is C23H19NO5. The van der Waals surface area contributed by atoms with Crippen molar-refractivity contribution in [1.29, 1.82) is 0 Å². The second kappa shape index (κ2) is 8.06.